The third-order valence-corrected chi connectivity index (χ3v) is 10.1. The molecule has 0 aliphatic heterocycles. The molecule has 0 aliphatic rings. The van der Waals surface area contributed by atoms with Crippen LogP contribution in [0.5, 0.6) is 0 Å². The minimum Gasteiger partial charge on any atom is -1.00 e. The molecule has 0 N–H and O–H groups in total. The number of rotatable bonds is 22. The largest absolute Gasteiger partial charge is 1.00 e. The van der Waals surface area contributed by atoms with E-state index in [0.29, 0.717) is 0 Å². The number of halogens is 1. The van der Waals surface area contributed by atoms with Crippen LogP contribution >= 0.6 is 0 Å². The first-order valence-corrected chi connectivity index (χ1v) is 15.4. The molecular weight excluding hydrogens is 496 g/mol. The van der Waals surface area contributed by atoms with Crippen LogP contribution in [0.15, 0.2) is 0 Å². The maximum Gasteiger partial charge on any atom is -1.00 e. The zero-order chi connectivity index (χ0) is 20.0. The van der Waals surface area contributed by atoms with Crippen molar-refractivity contribution in [2.75, 3.05) is 26.2 Å². The maximum atomic E-state index is 2.98. The Morgan fingerprint density at radius 2 is 0.643 bits per heavy atom. The zero-order valence-corrected chi connectivity index (χ0v) is 23.9. The van der Waals surface area contributed by atoms with Crippen molar-refractivity contribution in [3.8, 4) is 0 Å². The van der Waals surface area contributed by atoms with Crippen molar-refractivity contribution in [1.82, 2.24) is 1.97 Å². The molecule has 28 heavy (non-hydrogen) atoms. The van der Waals surface area contributed by atoms with E-state index in [2.05, 4.69) is 29.7 Å². The van der Waals surface area contributed by atoms with Gasteiger partial charge in [0.15, 0.2) is 0 Å². The first-order valence-electron chi connectivity index (χ1n) is 12.5. The van der Waals surface area contributed by atoms with Gasteiger partial charge < -0.3 is 12.4 Å². The Hall–Kier alpha value is 1.56. The molecule has 0 atom stereocenters. The van der Waals surface area contributed by atoms with Gasteiger partial charge in [0.25, 0.3) is 0 Å². The van der Waals surface area contributed by atoms with Gasteiger partial charge in [0.2, 0.25) is 0 Å². The number of unbranched alkanes of at least 4 members (excludes halogenated alkanes) is 12. The van der Waals surface area contributed by atoms with Crippen LogP contribution in [0.3, 0.4) is 0 Å². The summed E-state index contributed by atoms with van der Waals surface area (Å²) in [4.78, 5) is 0. The quantitative estimate of drug-likeness (QED) is 0.179. The van der Waals surface area contributed by atoms with Crippen LogP contribution in [0.25, 0.3) is 0 Å². The Balaban J connectivity index is 0. The molecule has 0 aromatic heterocycles. The van der Waals surface area contributed by atoms with E-state index in [9.17, 15) is 0 Å². The van der Waals surface area contributed by atoms with Crippen molar-refractivity contribution in [1.29, 1.82) is 0 Å². The first kappa shape index (κ1) is 31.7. The van der Waals surface area contributed by atoms with E-state index >= 15 is 0 Å². The Bertz CT molecular complexity index is 229. The summed E-state index contributed by atoms with van der Waals surface area (Å²) in [6, 6.07) is 0. The molecule has 0 spiro atoms. The van der Waals surface area contributed by atoms with Crippen molar-refractivity contribution in [3.05, 3.63) is 0 Å². The van der Waals surface area contributed by atoms with E-state index in [-0.39, 0.29) is 12.4 Å². The standard InChI is InChI=1S/2C12H26N.ClH.Nd/c2*1-3-5-7-9-11-13-12-10-8-6-4-2;;/h2*3-12H2,1-2H3;1H;/q2*-1;;+3/p-1. The van der Waals surface area contributed by atoms with Crippen LogP contribution in [-0.2, 0) is 0 Å². The molecular formula is C24H52ClN2Nd. The Morgan fingerprint density at radius 3 is 0.857 bits per heavy atom. The molecule has 0 amide bonds. The predicted molar refractivity (Wildman–Crippen MR) is 120 cm³/mol. The van der Waals surface area contributed by atoms with Crippen molar-refractivity contribution in [2.45, 2.75) is 130 Å². The van der Waals surface area contributed by atoms with E-state index in [0.717, 1.165) is 0 Å². The van der Waals surface area contributed by atoms with Gasteiger partial charge in [0.05, 0.1) is 0 Å². The SMILES string of the molecule is CCCCCC[N](CCCCCC)[Nd+][N](CCCCCC)CCCCCC.[Cl-]. The minimum absolute atomic E-state index is 0. The summed E-state index contributed by atoms with van der Waals surface area (Å²) >= 11 is -0.811. The van der Waals surface area contributed by atoms with E-state index in [1.807, 2.05) is 0 Å². The molecule has 0 bridgehead atoms. The summed E-state index contributed by atoms with van der Waals surface area (Å²) < 4.78 is 5.95. The third kappa shape index (κ3) is 22.3. The molecule has 0 aromatic rings. The summed E-state index contributed by atoms with van der Waals surface area (Å²) in [5, 5.41) is 0. The van der Waals surface area contributed by atoms with Crippen molar-refractivity contribution in [2.24, 2.45) is 0 Å². The van der Waals surface area contributed by atoms with Gasteiger partial charge in [0, 0.05) is 0 Å². The third-order valence-electron chi connectivity index (χ3n) is 5.41. The first-order chi connectivity index (χ1) is 13.3. The van der Waals surface area contributed by atoms with Gasteiger partial charge in [-0.1, -0.05) is 0 Å². The molecule has 0 rings (SSSR count). The second kappa shape index (κ2) is 26.6. The molecule has 0 unspecified atom stereocenters. The smallest absolute Gasteiger partial charge is 1.00 e. The van der Waals surface area contributed by atoms with Gasteiger partial charge >= 0.3 is 196 Å². The van der Waals surface area contributed by atoms with E-state index in [1.54, 1.807) is 0 Å². The molecule has 0 fully saturated rings. The van der Waals surface area contributed by atoms with Gasteiger partial charge in [-0.25, -0.2) is 0 Å². The molecule has 0 aromatic carbocycles. The van der Waals surface area contributed by atoms with E-state index in [1.165, 1.54) is 129 Å². The normalized spacial score (nSPS) is 11.1. The average Bonchev–Trinajstić information content (AvgIpc) is 2.68. The minimum atomic E-state index is -0.811. The van der Waals surface area contributed by atoms with Gasteiger partial charge in [0.1, 0.15) is 0 Å². The summed E-state index contributed by atoms with van der Waals surface area (Å²) in [5.74, 6) is 0. The van der Waals surface area contributed by atoms with E-state index < -0.39 is 37.5 Å². The molecule has 0 heterocycles. The topological polar surface area (TPSA) is 6.48 Å². The number of hydrogen-bond acceptors (Lipinski definition) is 2. The second-order valence-electron chi connectivity index (χ2n) is 8.32. The number of hydrogen-bond donors (Lipinski definition) is 0. The molecule has 0 aliphatic carbocycles. The van der Waals surface area contributed by atoms with Crippen molar-refractivity contribution < 1.29 is 49.9 Å². The Labute approximate surface area is 206 Å². The fraction of sp³-hybridized carbons (Fsp3) is 1.00. The van der Waals surface area contributed by atoms with Crippen LogP contribution < -0.4 is 12.4 Å². The fourth-order valence-electron chi connectivity index (χ4n) is 3.54. The molecule has 2 nitrogen and oxygen atoms in total. The molecule has 0 radical (unpaired) electrons. The number of nitrogens with zero attached hydrogens (tertiary/aromatic N) is 2. The Morgan fingerprint density at radius 1 is 0.393 bits per heavy atom. The average molecular weight is 548 g/mol. The predicted octanol–water partition coefficient (Wildman–Crippen LogP) is 4.83. The van der Waals surface area contributed by atoms with E-state index in [4.69, 9.17) is 0 Å². The second-order valence-corrected chi connectivity index (χ2v) is 13.0. The molecule has 169 valence electrons. The summed E-state index contributed by atoms with van der Waals surface area (Å²) in [6.45, 7) is 14.9. The van der Waals surface area contributed by atoms with Crippen LogP contribution in [0.1, 0.15) is 130 Å². The summed E-state index contributed by atoms with van der Waals surface area (Å²) in [5.41, 5.74) is 0. The van der Waals surface area contributed by atoms with Crippen LogP contribution in [0, 0.1) is 37.5 Å². The van der Waals surface area contributed by atoms with Crippen LogP contribution in [0.4, 0.5) is 0 Å². The summed E-state index contributed by atoms with van der Waals surface area (Å²) in [6.07, 6.45) is 22.7. The van der Waals surface area contributed by atoms with Crippen molar-refractivity contribution >= 4 is 0 Å². The maximum absolute atomic E-state index is 2.98. The molecule has 0 saturated heterocycles. The van der Waals surface area contributed by atoms with Gasteiger partial charge in [-0.05, 0) is 0 Å². The fourth-order valence-corrected chi connectivity index (χ4v) is 8.14. The summed E-state index contributed by atoms with van der Waals surface area (Å²) in [7, 11) is 0. The molecule has 4 heteroatoms. The molecule has 0 saturated carbocycles. The monoisotopic (exact) mass is 545 g/mol. The Kier molecular flexibility index (Phi) is 30.2. The zero-order valence-electron chi connectivity index (χ0n) is 19.9. The van der Waals surface area contributed by atoms with Crippen molar-refractivity contribution in [3.63, 3.8) is 0 Å². The van der Waals surface area contributed by atoms with Gasteiger partial charge in [-0.15, -0.1) is 0 Å². The van der Waals surface area contributed by atoms with Crippen LogP contribution in [-0.4, -0.2) is 28.1 Å². The van der Waals surface area contributed by atoms with Gasteiger partial charge in [-0.3, -0.25) is 0 Å². The van der Waals surface area contributed by atoms with Crippen LogP contribution in [0.2, 0.25) is 0 Å². The van der Waals surface area contributed by atoms with Gasteiger partial charge in [-0.2, -0.15) is 0 Å².